The van der Waals surface area contributed by atoms with Crippen LogP contribution in [0.1, 0.15) is 29.5 Å². The number of hydrogen-bond acceptors (Lipinski definition) is 3. The molecule has 9 heteroatoms. The number of piperidine rings is 3. The van der Waals surface area contributed by atoms with E-state index in [9.17, 15) is 22.4 Å². The second-order valence-corrected chi connectivity index (χ2v) is 11.2. The summed E-state index contributed by atoms with van der Waals surface area (Å²) < 4.78 is 68.0. The van der Waals surface area contributed by atoms with Crippen LogP contribution in [0, 0.1) is 29.2 Å². The lowest BCUT2D eigenvalue weighted by Crippen LogP contribution is -2.65. The van der Waals surface area contributed by atoms with Gasteiger partial charge in [-0.05, 0) is 53.1 Å². The van der Waals surface area contributed by atoms with Crippen molar-refractivity contribution in [2.45, 2.75) is 38.3 Å². The molecule has 3 saturated heterocycles. The van der Waals surface area contributed by atoms with Crippen LogP contribution >= 0.6 is 0 Å². The Bertz CT molecular complexity index is 1400. The smallest absolute Gasteiger partial charge is 0.415 e. The van der Waals surface area contributed by atoms with Crippen LogP contribution in [-0.4, -0.2) is 49.5 Å². The van der Waals surface area contributed by atoms with Gasteiger partial charge >= 0.3 is 6.09 Å². The molecule has 1 atom stereocenters. The van der Waals surface area contributed by atoms with Crippen LogP contribution in [0.2, 0.25) is 0 Å². The second kappa shape index (κ2) is 10.8. The first-order chi connectivity index (χ1) is 19.3. The van der Waals surface area contributed by atoms with Gasteiger partial charge in [0.1, 0.15) is 18.1 Å². The third kappa shape index (κ3) is 5.39. The van der Waals surface area contributed by atoms with Crippen LogP contribution in [0.3, 0.4) is 0 Å². The van der Waals surface area contributed by atoms with Crippen molar-refractivity contribution in [3.8, 4) is 5.75 Å². The summed E-state index contributed by atoms with van der Waals surface area (Å²) in [6.07, 6.45) is 2.65. The van der Waals surface area contributed by atoms with Gasteiger partial charge in [0.2, 0.25) is 0 Å². The van der Waals surface area contributed by atoms with Crippen LogP contribution in [-0.2, 0) is 24.1 Å². The number of benzene rings is 3. The lowest BCUT2D eigenvalue weighted by Gasteiger charge is -2.52. The first-order valence-electron chi connectivity index (χ1n) is 13.8. The summed E-state index contributed by atoms with van der Waals surface area (Å²) >= 11 is 0. The maximum Gasteiger partial charge on any atom is 0.415 e. The van der Waals surface area contributed by atoms with Crippen molar-refractivity contribution in [1.29, 1.82) is 0 Å². The number of nitrogens with zero attached hydrogens (tertiary/aromatic N) is 2. The van der Waals surface area contributed by atoms with Gasteiger partial charge in [-0.1, -0.05) is 18.2 Å². The molecule has 4 heterocycles. The Labute approximate surface area is 230 Å². The summed E-state index contributed by atoms with van der Waals surface area (Å²) in [5.41, 5.74) is 2.73. The number of ether oxygens (including phenoxy) is 2. The molecule has 0 N–H and O–H groups in total. The largest absolute Gasteiger partial charge is 0.493 e. The fourth-order valence-electron chi connectivity index (χ4n) is 6.41. The Morgan fingerprint density at radius 2 is 1.75 bits per heavy atom. The molecule has 0 aromatic heterocycles. The lowest BCUT2D eigenvalue weighted by molar-refractivity contribution is -0.945. The molecule has 1 amide bonds. The number of fused-ring (bicyclic) bond motifs is 4. The van der Waals surface area contributed by atoms with E-state index in [2.05, 4.69) is 12.1 Å². The van der Waals surface area contributed by atoms with E-state index in [1.54, 1.807) is 0 Å². The average Bonchev–Trinajstić information content (AvgIpc) is 3.42. The van der Waals surface area contributed by atoms with Crippen LogP contribution < -0.4 is 9.64 Å². The Kier molecular flexibility index (Phi) is 7.16. The molecular formula is C31H31F4N2O3+. The van der Waals surface area contributed by atoms with Crippen molar-refractivity contribution < 1.29 is 36.3 Å². The highest BCUT2D eigenvalue weighted by Gasteiger charge is 2.47. The van der Waals surface area contributed by atoms with E-state index in [0.29, 0.717) is 6.54 Å². The standard InChI is InChI=1S/C31H31F4N2O3/c32-24-2-1-3-25(17-24)36(18-21-15-26(33)30(35)27(34)16-21)31(38)40-29-19-37(11-7-22(29)8-12-37)10-6-20-4-5-28-23(14-20)9-13-39-28/h1-5,14-17,22,29H,6-13,18-19H2/q+1. The highest BCUT2D eigenvalue weighted by atomic mass is 19.2. The summed E-state index contributed by atoms with van der Waals surface area (Å²) in [6.45, 7) is 4.08. The molecule has 4 aliphatic rings. The van der Waals surface area contributed by atoms with Gasteiger partial charge in [0.25, 0.3) is 0 Å². The van der Waals surface area contributed by atoms with E-state index in [1.807, 2.05) is 6.07 Å². The first-order valence-corrected chi connectivity index (χ1v) is 13.8. The first kappa shape index (κ1) is 26.6. The lowest BCUT2D eigenvalue weighted by atomic mass is 9.83. The minimum atomic E-state index is -1.59. The number of amides is 1. The van der Waals surface area contributed by atoms with Gasteiger partial charge in [-0.3, -0.25) is 4.90 Å². The van der Waals surface area contributed by atoms with Gasteiger partial charge in [0, 0.05) is 31.6 Å². The van der Waals surface area contributed by atoms with Gasteiger partial charge in [0.05, 0.1) is 38.5 Å². The summed E-state index contributed by atoms with van der Waals surface area (Å²) in [5, 5.41) is 0. The molecule has 0 aliphatic carbocycles. The minimum absolute atomic E-state index is 0.0229. The van der Waals surface area contributed by atoms with E-state index in [1.165, 1.54) is 29.3 Å². The molecule has 3 aromatic carbocycles. The quantitative estimate of drug-likeness (QED) is 0.199. The zero-order chi connectivity index (χ0) is 27.9. The average molecular weight is 556 g/mol. The SMILES string of the molecule is O=C(OC1C[N+]2(CCc3ccc4c(c3)CCO4)CCC1CC2)N(Cc1cc(F)c(F)c(F)c1)c1cccc(F)c1. The summed E-state index contributed by atoms with van der Waals surface area (Å²) in [5.74, 6) is -3.69. The Morgan fingerprint density at radius 1 is 0.975 bits per heavy atom. The van der Waals surface area contributed by atoms with Crippen molar-refractivity contribution >= 4 is 11.8 Å². The number of carbonyl (C=O) groups excluding carboxylic acids is 1. The fourth-order valence-corrected chi connectivity index (χ4v) is 6.41. The summed E-state index contributed by atoms with van der Waals surface area (Å²) in [6, 6.07) is 13.4. The summed E-state index contributed by atoms with van der Waals surface area (Å²) in [7, 11) is 0. The van der Waals surface area contributed by atoms with Crippen molar-refractivity contribution in [1.82, 2.24) is 0 Å². The monoisotopic (exact) mass is 555 g/mol. The predicted octanol–water partition coefficient (Wildman–Crippen LogP) is 6.17. The van der Waals surface area contributed by atoms with E-state index in [0.717, 1.165) is 85.3 Å². The maximum absolute atomic E-state index is 14.1. The third-order valence-corrected chi connectivity index (χ3v) is 8.65. The second-order valence-electron chi connectivity index (χ2n) is 11.2. The molecule has 7 rings (SSSR count). The maximum atomic E-state index is 14.1. The third-order valence-electron chi connectivity index (χ3n) is 8.65. The van der Waals surface area contributed by atoms with Crippen molar-refractivity contribution in [3.05, 3.63) is 94.6 Å². The number of carbonyl (C=O) groups is 1. The molecular weight excluding hydrogens is 524 g/mol. The molecule has 0 saturated carbocycles. The summed E-state index contributed by atoms with van der Waals surface area (Å²) in [4.78, 5) is 14.7. The van der Waals surface area contributed by atoms with Crippen molar-refractivity contribution in [2.75, 3.05) is 37.7 Å². The van der Waals surface area contributed by atoms with E-state index in [-0.39, 0.29) is 29.8 Å². The van der Waals surface area contributed by atoms with Gasteiger partial charge < -0.3 is 14.0 Å². The number of rotatable bonds is 7. The zero-order valence-electron chi connectivity index (χ0n) is 22.1. The molecule has 0 spiro atoms. The Morgan fingerprint density at radius 3 is 2.50 bits per heavy atom. The van der Waals surface area contributed by atoms with Gasteiger partial charge in [-0.25, -0.2) is 22.4 Å². The topological polar surface area (TPSA) is 38.8 Å². The molecule has 0 radical (unpaired) electrons. The molecule has 3 fully saturated rings. The normalized spacial score (nSPS) is 23.0. The number of halogens is 4. The molecule has 4 aliphatic heterocycles. The van der Waals surface area contributed by atoms with Gasteiger partial charge in [0.15, 0.2) is 23.6 Å². The van der Waals surface area contributed by atoms with E-state index in [4.69, 9.17) is 9.47 Å². The fraction of sp³-hybridized carbons (Fsp3) is 0.387. The van der Waals surface area contributed by atoms with Crippen LogP contribution in [0.5, 0.6) is 5.75 Å². The molecule has 2 bridgehead atoms. The molecule has 3 aromatic rings. The Balaban J connectivity index is 1.18. The van der Waals surface area contributed by atoms with Crippen molar-refractivity contribution in [3.63, 3.8) is 0 Å². The highest BCUT2D eigenvalue weighted by molar-refractivity contribution is 5.87. The molecule has 1 unspecified atom stereocenters. The van der Waals surface area contributed by atoms with E-state index < -0.39 is 29.4 Å². The number of quaternary nitrogens is 1. The van der Waals surface area contributed by atoms with Crippen LogP contribution in [0.4, 0.5) is 28.0 Å². The van der Waals surface area contributed by atoms with Gasteiger partial charge in [-0.15, -0.1) is 0 Å². The van der Waals surface area contributed by atoms with Gasteiger partial charge in [-0.2, -0.15) is 0 Å². The highest BCUT2D eigenvalue weighted by Crippen LogP contribution is 2.37. The molecule has 40 heavy (non-hydrogen) atoms. The predicted molar refractivity (Wildman–Crippen MR) is 141 cm³/mol. The van der Waals surface area contributed by atoms with E-state index >= 15 is 0 Å². The van der Waals surface area contributed by atoms with Crippen LogP contribution in [0.15, 0.2) is 54.6 Å². The minimum Gasteiger partial charge on any atom is -0.493 e. The van der Waals surface area contributed by atoms with Crippen molar-refractivity contribution in [2.24, 2.45) is 5.92 Å². The zero-order valence-corrected chi connectivity index (χ0v) is 22.1. The number of anilines is 1. The molecule has 5 nitrogen and oxygen atoms in total. The Hall–Kier alpha value is -3.59. The molecule has 210 valence electrons. The van der Waals surface area contributed by atoms with Crippen LogP contribution in [0.25, 0.3) is 0 Å². The number of hydrogen-bond donors (Lipinski definition) is 0.